The highest BCUT2D eigenvalue weighted by atomic mass is 16.6. The standard InChI is InChI=1S/C19H24N6O3/c26-18(3-5-23-4-2-17(22-23)25(27)28)20-16-1-6-24(21-16)19-10-13-7-14(11-19)9-15(8-13)12-19/h1-2,4,6,13-15H,3,5,7-12H2,(H,20,21,26). The van der Waals surface area contributed by atoms with Crippen LogP contribution < -0.4 is 5.32 Å². The number of hydrogen-bond acceptors (Lipinski definition) is 5. The van der Waals surface area contributed by atoms with Gasteiger partial charge in [-0.1, -0.05) is 0 Å². The third-order valence-corrected chi connectivity index (χ3v) is 6.73. The molecule has 148 valence electrons. The topological polar surface area (TPSA) is 108 Å². The van der Waals surface area contributed by atoms with E-state index < -0.39 is 4.92 Å². The number of carbonyl (C=O) groups excluding carboxylic acids is 1. The van der Waals surface area contributed by atoms with Gasteiger partial charge in [0, 0.05) is 18.7 Å². The normalized spacial score (nSPS) is 30.5. The van der Waals surface area contributed by atoms with E-state index in [4.69, 9.17) is 5.10 Å². The number of nitrogens with one attached hydrogen (secondary N) is 1. The molecule has 2 aromatic heterocycles. The lowest BCUT2D eigenvalue weighted by atomic mass is 9.53. The highest BCUT2D eigenvalue weighted by Crippen LogP contribution is 2.58. The number of amides is 1. The van der Waals surface area contributed by atoms with E-state index in [0.29, 0.717) is 5.82 Å². The molecule has 0 aromatic carbocycles. The summed E-state index contributed by atoms with van der Waals surface area (Å²) >= 11 is 0. The summed E-state index contributed by atoms with van der Waals surface area (Å²) in [5.74, 6) is 2.71. The Labute approximate surface area is 162 Å². The van der Waals surface area contributed by atoms with Gasteiger partial charge in [-0.15, -0.1) is 0 Å². The van der Waals surface area contributed by atoms with Gasteiger partial charge in [-0.05, 0) is 61.2 Å². The molecule has 9 nitrogen and oxygen atoms in total. The molecule has 9 heteroatoms. The first-order valence-electron chi connectivity index (χ1n) is 10.0. The summed E-state index contributed by atoms with van der Waals surface area (Å²) < 4.78 is 3.52. The smallest absolute Gasteiger partial charge is 0.358 e. The Balaban J connectivity index is 1.21. The maximum Gasteiger partial charge on any atom is 0.389 e. The first-order valence-corrected chi connectivity index (χ1v) is 10.0. The largest absolute Gasteiger partial charge is 0.389 e. The van der Waals surface area contributed by atoms with Gasteiger partial charge in [-0.3, -0.25) is 9.48 Å². The Morgan fingerprint density at radius 3 is 2.43 bits per heavy atom. The third kappa shape index (κ3) is 3.08. The van der Waals surface area contributed by atoms with Gasteiger partial charge in [0.1, 0.15) is 0 Å². The van der Waals surface area contributed by atoms with Crippen LogP contribution in [0.3, 0.4) is 0 Å². The maximum atomic E-state index is 12.2. The minimum atomic E-state index is -0.548. The number of nitrogens with zero attached hydrogens (tertiary/aromatic N) is 5. The van der Waals surface area contributed by atoms with E-state index in [2.05, 4.69) is 15.1 Å². The fourth-order valence-electron chi connectivity index (χ4n) is 5.99. The summed E-state index contributed by atoms with van der Waals surface area (Å²) in [6, 6.07) is 3.19. The second-order valence-electron chi connectivity index (χ2n) is 8.78. The molecule has 0 aliphatic heterocycles. The van der Waals surface area contributed by atoms with Gasteiger partial charge in [0.05, 0.1) is 29.4 Å². The van der Waals surface area contributed by atoms with Crippen LogP contribution in [0.5, 0.6) is 0 Å². The Bertz CT molecular complexity index is 881. The van der Waals surface area contributed by atoms with Crippen molar-refractivity contribution in [1.82, 2.24) is 19.6 Å². The maximum absolute atomic E-state index is 12.2. The van der Waals surface area contributed by atoms with Crippen molar-refractivity contribution < 1.29 is 9.72 Å². The molecule has 6 rings (SSSR count). The minimum Gasteiger partial charge on any atom is -0.358 e. The third-order valence-electron chi connectivity index (χ3n) is 6.73. The first-order chi connectivity index (χ1) is 13.5. The van der Waals surface area contributed by atoms with Crippen LogP contribution in [-0.4, -0.2) is 30.4 Å². The van der Waals surface area contributed by atoms with Crippen molar-refractivity contribution in [1.29, 1.82) is 0 Å². The predicted octanol–water partition coefficient (Wildman–Crippen LogP) is 2.94. The van der Waals surface area contributed by atoms with Crippen LogP contribution in [0.2, 0.25) is 0 Å². The van der Waals surface area contributed by atoms with E-state index in [-0.39, 0.29) is 30.2 Å². The summed E-state index contributed by atoms with van der Waals surface area (Å²) in [4.78, 5) is 22.4. The second-order valence-corrected chi connectivity index (χ2v) is 8.78. The van der Waals surface area contributed by atoms with E-state index in [0.717, 1.165) is 17.8 Å². The monoisotopic (exact) mass is 384 g/mol. The number of aromatic nitrogens is 4. The number of carbonyl (C=O) groups is 1. The van der Waals surface area contributed by atoms with Crippen molar-refractivity contribution >= 4 is 17.5 Å². The first kappa shape index (κ1) is 17.4. The molecule has 4 bridgehead atoms. The molecule has 0 spiro atoms. The van der Waals surface area contributed by atoms with Crippen molar-refractivity contribution in [2.75, 3.05) is 5.32 Å². The SMILES string of the molecule is O=C(CCn1ccc([N+](=O)[O-])n1)Nc1ccn(C23CC4CC(CC(C4)C2)C3)n1. The summed E-state index contributed by atoms with van der Waals surface area (Å²) in [5, 5.41) is 22.0. The molecule has 28 heavy (non-hydrogen) atoms. The molecular formula is C19H24N6O3. The predicted molar refractivity (Wildman–Crippen MR) is 101 cm³/mol. The zero-order valence-corrected chi connectivity index (χ0v) is 15.7. The van der Waals surface area contributed by atoms with Gasteiger partial charge in [0.15, 0.2) is 5.82 Å². The minimum absolute atomic E-state index is 0.145. The molecular weight excluding hydrogens is 360 g/mol. The zero-order chi connectivity index (χ0) is 19.3. The van der Waals surface area contributed by atoms with E-state index in [1.807, 2.05) is 12.3 Å². The average molecular weight is 384 g/mol. The van der Waals surface area contributed by atoms with E-state index >= 15 is 0 Å². The fourth-order valence-corrected chi connectivity index (χ4v) is 5.99. The molecule has 4 aliphatic rings. The Kier molecular flexibility index (Phi) is 3.99. The summed E-state index contributed by atoms with van der Waals surface area (Å²) in [6.07, 6.45) is 11.5. The molecule has 4 saturated carbocycles. The summed E-state index contributed by atoms with van der Waals surface area (Å²) in [6.45, 7) is 0.287. The van der Waals surface area contributed by atoms with Crippen LogP contribution in [-0.2, 0) is 16.9 Å². The summed E-state index contributed by atoms with van der Waals surface area (Å²) in [7, 11) is 0. The van der Waals surface area contributed by atoms with E-state index in [9.17, 15) is 14.9 Å². The Morgan fingerprint density at radius 1 is 1.14 bits per heavy atom. The van der Waals surface area contributed by atoms with Crippen LogP contribution in [0.1, 0.15) is 44.9 Å². The molecule has 0 unspecified atom stereocenters. The van der Waals surface area contributed by atoms with Gasteiger partial charge in [0.25, 0.3) is 0 Å². The molecule has 0 saturated heterocycles. The lowest BCUT2D eigenvalue weighted by Crippen LogP contribution is -2.52. The number of hydrogen-bond donors (Lipinski definition) is 1. The molecule has 1 amide bonds. The van der Waals surface area contributed by atoms with Gasteiger partial charge in [-0.25, -0.2) is 0 Å². The lowest BCUT2D eigenvalue weighted by molar-refractivity contribution is -0.389. The molecule has 1 N–H and O–H groups in total. The molecule has 2 aromatic rings. The zero-order valence-electron chi connectivity index (χ0n) is 15.7. The lowest BCUT2D eigenvalue weighted by Gasteiger charge is -2.56. The van der Waals surface area contributed by atoms with Crippen LogP contribution in [0.25, 0.3) is 0 Å². The Morgan fingerprint density at radius 2 is 1.82 bits per heavy atom. The van der Waals surface area contributed by atoms with Gasteiger partial charge in [0.2, 0.25) is 5.91 Å². The molecule has 0 radical (unpaired) electrons. The van der Waals surface area contributed by atoms with Crippen molar-refractivity contribution in [3.8, 4) is 0 Å². The van der Waals surface area contributed by atoms with Gasteiger partial charge in [-0.2, -0.15) is 9.78 Å². The van der Waals surface area contributed by atoms with Crippen LogP contribution in [0.4, 0.5) is 11.6 Å². The van der Waals surface area contributed by atoms with E-state index in [1.165, 1.54) is 55.5 Å². The van der Waals surface area contributed by atoms with Gasteiger partial charge < -0.3 is 15.4 Å². The quantitative estimate of drug-likeness (QED) is 0.608. The highest BCUT2D eigenvalue weighted by molar-refractivity contribution is 5.89. The van der Waals surface area contributed by atoms with Crippen molar-refractivity contribution in [2.45, 2.75) is 57.0 Å². The number of aryl methyl sites for hydroxylation is 1. The molecule has 0 atom stereocenters. The van der Waals surface area contributed by atoms with Crippen molar-refractivity contribution in [2.24, 2.45) is 17.8 Å². The molecule has 4 fully saturated rings. The summed E-state index contributed by atoms with van der Waals surface area (Å²) in [5.41, 5.74) is 0.145. The number of nitro groups is 1. The van der Waals surface area contributed by atoms with Crippen molar-refractivity contribution in [3.63, 3.8) is 0 Å². The number of rotatable bonds is 6. The van der Waals surface area contributed by atoms with Crippen molar-refractivity contribution in [3.05, 3.63) is 34.6 Å². The fraction of sp³-hybridized carbons (Fsp3) is 0.632. The molecule has 4 aliphatic carbocycles. The van der Waals surface area contributed by atoms with Crippen LogP contribution >= 0.6 is 0 Å². The Hall–Kier alpha value is -2.71. The van der Waals surface area contributed by atoms with E-state index in [1.54, 1.807) is 0 Å². The highest BCUT2D eigenvalue weighted by Gasteiger charge is 2.52. The number of anilines is 1. The van der Waals surface area contributed by atoms with Crippen LogP contribution in [0, 0.1) is 27.9 Å². The van der Waals surface area contributed by atoms with Crippen LogP contribution in [0.15, 0.2) is 24.5 Å². The average Bonchev–Trinajstić information content (AvgIpc) is 3.28. The molecule has 2 heterocycles. The van der Waals surface area contributed by atoms with Gasteiger partial charge >= 0.3 is 5.82 Å². The second kappa shape index (κ2) is 6.42.